The molecule has 0 amide bonds. The van der Waals surface area contributed by atoms with Gasteiger partial charge in [0.05, 0.1) is 5.84 Å². The number of rotatable bonds is 3. The van der Waals surface area contributed by atoms with Crippen molar-refractivity contribution in [2.24, 2.45) is 5.92 Å². The lowest BCUT2D eigenvalue weighted by Gasteiger charge is -2.38. The largest absolute Gasteiger partial charge is 0.358 e. The molecule has 98 valence electrons. The molecule has 1 N–H and O–H groups in total. The van der Waals surface area contributed by atoms with Crippen molar-refractivity contribution in [3.8, 4) is 0 Å². The van der Waals surface area contributed by atoms with Crippen LogP contribution in [0, 0.1) is 11.3 Å². The molecule has 2 rings (SSSR count). The van der Waals surface area contributed by atoms with Gasteiger partial charge in [0.1, 0.15) is 0 Å². The first kappa shape index (κ1) is 12.9. The minimum absolute atomic E-state index is 0.571. The maximum atomic E-state index is 8.35. The van der Waals surface area contributed by atoms with Crippen LogP contribution in [0.1, 0.15) is 45.4 Å². The standard InChI is InChI=1S/C14H27N3/c1-2-8-16-9-11-17(12-10-16)14(15)13-6-4-3-5-7-13/h13,15H,2-12H2,1H3. The monoisotopic (exact) mass is 237 g/mol. The molecule has 3 heteroatoms. The molecule has 2 fully saturated rings. The zero-order valence-corrected chi connectivity index (χ0v) is 11.2. The van der Waals surface area contributed by atoms with E-state index in [1.165, 1.54) is 45.1 Å². The van der Waals surface area contributed by atoms with E-state index in [1.54, 1.807) is 0 Å². The number of nitrogens with zero attached hydrogens (tertiary/aromatic N) is 2. The molecule has 0 aromatic heterocycles. The normalized spacial score (nSPS) is 23.9. The maximum Gasteiger partial charge on any atom is 0.0990 e. The third kappa shape index (κ3) is 3.44. The van der Waals surface area contributed by atoms with Gasteiger partial charge in [0.2, 0.25) is 0 Å². The van der Waals surface area contributed by atoms with E-state index in [9.17, 15) is 0 Å². The van der Waals surface area contributed by atoms with Crippen LogP contribution in [0.25, 0.3) is 0 Å². The van der Waals surface area contributed by atoms with E-state index in [2.05, 4.69) is 16.7 Å². The lowest BCUT2D eigenvalue weighted by molar-refractivity contribution is 0.175. The number of hydrogen-bond donors (Lipinski definition) is 1. The third-order valence-corrected chi connectivity index (χ3v) is 4.24. The first-order valence-electron chi connectivity index (χ1n) is 7.37. The Labute approximate surface area is 106 Å². The van der Waals surface area contributed by atoms with Gasteiger partial charge in [-0.15, -0.1) is 0 Å². The molecule has 1 heterocycles. The molecule has 1 saturated heterocycles. The fraction of sp³-hybridized carbons (Fsp3) is 0.929. The minimum atomic E-state index is 0.571. The van der Waals surface area contributed by atoms with Crippen molar-refractivity contribution < 1.29 is 0 Å². The van der Waals surface area contributed by atoms with E-state index in [1.807, 2.05) is 0 Å². The van der Waals surface area contributed by atoms with Gasteiger partial charge in [0, 0.05) is 32.1 Å². The first-order valence-corrected chi connectivity index (χ1v) is 7.37. The summed E-state index contributed by atoms with van der Waals surface area (Å²) in [6.45, 7) is 7.94. The Balaban J connectivity index is 1.77. The van der Waals surface area contributed by atoms with Crippen molar-refractivity contribution in [1.29, 1.82) is 5.41 Å². The van der Waals surface area contributed by atoms with Gasteiger partial charge in [-0.25, -0.2) is 0 Å². The molecule has 1 aliphatic heterocycles. The minimum Gasteiger partial charge on any atom is -0.358 e. The lowest BCUT2D eigenvalue weighted by atomic mass is 9.88. The molecule has 0 aromatic rings. The van der Waals surface area contributed by atoms with Crippen molar-refractivity contribution in [2.45, 2.75) is 45.4 Å². The zero-order chi connectivity index (χ0) is 12.1. The molecule has 1 saturated carbocycles. The second-order valence-electron chi connectivity index (χ2n) is 5.55. The van der Waals surface area contributed by atoms with Gasteiger partial charge in [-0.1, -0.05) is 26.2 Å². The quantitative estimate of drug-likeness (QED) is 0.604. The number of nitrogens with one attached hydrogen (secondary N) is 1. The second kappa shape index (κ2) is 6.39. The van der Waals surface area contributed by atoms with E-state index >= 15 is 0 Å². The summed E-state index contributed by atoms with van der Waals surface area (Å²) in [6, 6.07) is 0. The van der Waals surface area contributed by atoms with Gasteiger partial charge in [-0.2, -0.15) is 0 Å². The van der Waals surface area contributed by atoms with E-state index < -0.39 is 0 Å². The van der Waals surface area contributed by atoms with Crippen LogP contribution in [0.2, 0.25) is 0 Å². The van der Waals surface area contributed by atoms with Crippen LogP contribution in [0.3, 0.4) is 0 Å². The zero-order valence-electron chi connectivity index (χ0n) is 11.2. The fourth-order valence-electron chi connectivity index (χ4n) is 3.16. The van der Waals surface area contributed by atoms with Crippen molar-refractivity contribution >= 4 is 5.84 Å². The van der Waals surface area contributed by atoms with E-state index in [0.717, 1.165) is 32.0 Å². The van der Waals surface area contributed by atoms with Crippen LogP contribution in [0.5, 0.6) is 0 Å². The predicted octanol–water partition coefficient (Wildman–Crippen LogP) is 2.57. The van der Waals surface area contributed by atoms with Gasteiger partial charge in [0.15, 0.2) is 0 Å². The van der Waals surface area contributed by atoms with Gasteiger partial charge in [-0.05, 0) is 25.8 Å². The third-order valence-electron chi connectivity index (χ3n) is 4.24. The van der Waals surface area contributed by atoms with Crippen LogP contribution in [0.15, 0.2) is 0 Å². The van der Waals surface area contributed by atoms with Crippen LogP contribution >= 0.6 is 0 Å². The molecule has 17 heavy (non-hydrogen) atoms. The predicted molar refractivity (Wildman–Crippen MR) is 72.6 cm³/mol. The summed E-state index contributed by atoms with van der Waals surface area (Å²) in [6.07, 6.45) is 7.82. The van der Waals surface area contributed by atoms with Crippen LogP contribution in [-0.4, -0.2) is 48.4 Å². The highest BCUT2D eigenvalue weighted by Gasteiger charge is 2.25. The van der Waals surface area contributed by atoms with Gasteiger partial charge >= 0.3 is 0 Å². The highest BCUT2D eigenvalue weighted by Crippen LogP contribution is 2.25. The molecule has 0 radical (unpaired) electrons. The average molecular weight is 237 g/mol. The molecule has 3 nitrogen and oxygen atoms in total. The molecule has 1 aliphatic carbocycles. The highest BCUT2D eigenvalue weighted by molar-refractivity contribution is 5.81. The lowest BCUT2D eigenvalue weighted by Crippen LogP contribution is -2.50. The number of piperazine rings is 1. The summed E-state index contributed by atoms with van der Waals surface area (Å²) in [7, 11) is 0. The van der Waals surface area contributed by atoms with Gasteiger partial charge < -0.3 is 4.90 Å². The summed E-state index contributed by atoms with van der Waals surface area (Å²) in [5.41, 5.74) is 0. The molecule has 0 aromatic carbocycles. The van der Waals surface area contributed by atoms with Crippen LogP contribution < -0.4 is 0 Å². The smallest absolute Gasteiger partial charge is 0.0990 e. The number of amidine groups is 1. The first-order chi connectivity index (χ1) is 8.31. The summed E-state index contributed by atoms with van der Waals surface area (Å²) in [5, 5.41) is 8.35. The van der Waals surface area contributed by atoms with Crippen LogP contribution in [-0.2, 0) is 0 Å². The highest BCUT2D eigenvalue weighted by atomic mass is 15.3. The molecular formula is C14H27N3. The SMILES string of the molecule is CCCN1CCN(C(=N)C2CCCCC2)CC1. The van der Waals surface area contributed by atoms with E-state index in [-0.39, 0.29) is 0 Å². The van der Waals surface area contributed by atoms with Gasteiger partial charge in [-0.3, -0.25) is 10.3 Å². The summed E-state index contributed by atoms with van der Waals surface area (Å²) >= 11 is 0. The number of hydrogen-bond acceptors (Lipinski definition) is 2. The van der Waals surface area contributed by atoms with Crippen molar-refractivity contribution in [1.82, 2.24) is 9.80 Å². The maximum absolute atomic E-state index is 8.35. The Hall–Kier alpha value is -0.570. The Bertz CT molecular complexity index is 238. The Morgan fingerprint density at radius 1 is 1.06 bits per heavy atom. The molecule has 0 spiro atoms. The Morgan fingerprint density at radius 2 is 1.71 bits per heavy atom. The fourth-order valence-corrected chi connectivity index (χ4v) is 3.16. The van der Waals surface area contributed by atoms with Crippen LogP contribution in [0.4, 0.5) is 0 Å². The Morgan fingerprint density at radius 3 is 2.29 bits per heavy atom. The molecule has 0 atom stereocenters. The molecule has 0 unspecified atom stereocenters. The molecule has 2 aliphatic rings. The van der Waals surface area contributed by atoms with Crippen molar-refractivity contribution in [2.75, 3.05) is 32.7 Å². The molecular weight excluding hydrogens is 210 g/mol. The van der Waals surface area contributed by atoms with Gasteiger partial charge in [0.25, 0.3) is 0 Å². The second-order valence-corrected chi connectivity index (χ2v) is 5.55. The van der Waals surface area contributed by atoms with Crippen molar-refractivity contribution in [3.63, 3.8) is 0 Å². The summed E-state index contributed by atoms with van der Waals surface area (Å²) < 4.78 is 0. The Kier molecular flexibility index (Phi) is 4.84. The van der Waals surface area contributed by atoms with Crippen molar-refractivity contribution in [3.05, 3.63) is 0 Å². The molecule has 0 bridgehead atoms. The van der Waals surface area contributed by atoms with E-state index in [4.69, 9.17) is 5.41 Å². The topological polar surface area (TPSA) is 30.3 Å². The average Bonchev–Trinajstić information content (AvgIpc) is 2.40. The van der Waals surface area contributed by atoms with E-state index in [0.29, 0.717) is 5.92 Å². The summed E-state index contributed by atoms with van der Waals surface area (Å²) in [5.74, 6) is 1.52. The summed E-state index contributed by atoms with van der Waals surface area (Å²) in [4.78, 5) is 4.87.